The van der Waals surface area contributed by atoms with Crippen LogP contribution in [0, 0.1) is 0 Å². The summed E-state index contributed by atoms with van der Waals surface area (Å²) in [4.78, 5) is 45.0. The van der Waals surface area contributed by atoms with E-state index in [4.69, 9.17) is 23.2 Å². The maximum Gasteiger partial charge on any atom is 0.259 e. The Kier molecular flexibility index (Phi) is 8.18. The first-order chi connectivity index (χ1) is 20.4. The third-order valence-electron chi connectivity index (χ3n) is 8.25. The average molecular weight is 601 g/mol. The van der Waals surface area contributed by atoms with Gasteiger partial charge < -0.3 is 10.2 Å². The van der Waals surface area contributed by atoms with Crippen molar-refractivity contribution >= 4 is 57.4 Å². The van der Waals surface area contributed by atoms with Gasteiger partial charge in [0.25, 0.3) is 5.91 Å². The van der Waals surface area contributed by atoms with Gasteiger partial charge in [0.2, 0.25) is 11.8 Å². The lowest BCUT2D eigenvalue weighted by Crippen LogP contribution is -2.54. The largest absolute Gasteiger partial charge is 0.352 e. The van der Waals surface area contributed by atoms with Crippen LogP contribution in [0.5, 0.6) is 0 Å². The van der Waals surface area contributed by atoms with Gasteiger partial charge in [-0.3, -0.25) is 19.3 Å². The van der Waals surface area contributed by atoms with Gasteiger partial charge in [0.15, 0.2) is 0 Å². The molecule has 2 aliphatic rings. The number of nitrogens with zero attached hydrogens (tertiary/aromatic N) is 2. The van der Waals surface area contributed by atoms with E-state index in [1.807, 2.05) is 60.7 Å². The molecule has 1 saturated carbocycles. The van der Waals surface area contributed by atoms with E-state index in [2.05, 4.69) is 5.32 Å². The van der Waals surface area contributed by atoms with E-state index in [1.54, 1.807) is 29.2 Å². The minimum atomic E-state index is -0.800. The summed E-state index contributed by atoms with van der Waals surface area (Å²) in [6, 6.07) is 25.5. The molecule has 0 aromatic heterocycles. The predicted molar refractivity (Wildman–Crippen MR) is 167 cm³/mol. The van der Waals surface area contributed by atoms with Crippen LogP contribution in [0.15, 0.2) is 84.9 Å². The topological polar surface area (TPSA) is 69.7 Å². The number of benzene rings is 4. The summed E-state index contributed by atoms with van der Waals surface area (Å²) in [5, 5.41) is 5.78. The number of hydrogen-bond acceptors (Lipinski definition) is 3. The van der Waals surface area contributed by atoms with Crippen LogP contribution in [0.3, 0.4) is 0 Å². The van der Waals surface area contributed by atoms with Gasteiger partial charge >= 0.3 is 0 Å². The van der Waals surface area contributed by atoms with Crippen LogP contribution in [-0.4, -0.2) is 41.2 Å². The number of amides is 3. The second kappa shape index (κ2) is 12.2. The van der Waals surface area contributed by atoms with Crippen molar-refractivity contribution in [3.63, 3.8) is 0 Å². The van der Waals surface area contributed by atoms with Gasteiger partial charge in [-0.05, 0) is 53.6 Å². The number of carbonyl (C=O) groups excluding carboxylic acids is 3. The molecule has 42 heavy (non-hydrogen) atoms. The number of anilines is 1. The summed E-state index contributed by atoms with van der Waals surface area (Å²) in [7, 11) is 0. The third-order valence-corrected chi connectivity index (χ3v) is 8.99. The van der Waals surface area contributed by atoms with Crippen molar-refractivity contribution < 1.29 is 14.4 Å². The summed E-state index contributed by atoms with van der Waals surface area (Å²) < 4.78 is 0. The number of nitrogens with one attached hydrogen (secondary N) is 1. The van der Waals surface area contributed by atoms with E-state index in [0.29, 0.717) is 27.7 Å². The molecule has 0 bridgehead atoms. The van der Waals surface area contributed by atoms with Gasteiger partial charge in [-0.25, -0.2) is 0 Å². The molecule has 1 aliphatic heterocycles. The van der Waals surface area contributed by atoms with E-state index in [-0.39, 0.29) is 36.9 Å². The van der Waals surface area contributed by atoms with Crippen LogP contribution in [0.2, 0.25) is 10.0 Å². The van der Waals surface area contributed by atoms with E-state index in [1.165, 1.54) is 4.90 Å². The molecule has 1 aliphatic carbocycles. The molecule has 3 amide bonds. The van der Waals surface area contributed by atoms with Crippen LogP contribution in [0.25, 0.3) is 10.8 Å². The molecule has 6 rings (SSSR count). The normalized spacial score (nSPS) is 15.3. The average Bonchev–Trinajstić information content (AvgIpc) is 3.61. The van der Waals surface area contributed by atoms with Crippen LogP contribution >= 0.6 is 23.2 Å². The molecule has 1 heterocycles. The maximum atomic E-state index is 14.3. The Labute approximate surface area is 255 Å². The molecule has 1 atom stereocenters. The van der Waals surface area contributed by atoms with Gasteiger partial charge in [-0.15, -0.1) is 0 Å². The first-order valence-electron chi connectivity index (χ1n) is 14.3. The third kappa shape index (κ3) is 5.74. The van der Waals surface area contributed by atoms with Gasteiger partial charge in [0.05, 0.1) is 15.7 Å². The Bertz CT molecular complexity index is 1650. The van der Waals surface area contributed by atoms with Crippen LogP contribution in [0.1, 0.15) is 47.2 Å². The Morgan fingerprint density at radius 1 is 0.881 bits per heavy atom. The molecule has 0 saturated heterocycles. The summed E-state index contributed by atoms with van der Waals surface area (Å²) in [6.45, 7) is -0.0690. The molecular weight excluding hydrogens is 569 g/mol. The highest BCUT2D eigenvalue weighted by molar-refractivity contribution is 6.42. The number of rotatable bonds is 9. The lowest BCUT2D eigenvalue weighted by molar-refractivity contribution is -0.140. The van der Waals surface area contributed by atoms with Gasteiger partial charge in [0, 0.05) is 30.0 Å². The highest BCUT2D eigenvalue weighted by Crippen LogP contribution is 2.37. The van der Waals surface area contributed by atoms with Crippen molar-refractivity contribution in [1.82, 2.24) is 10.2 Å². The second-order valence-electron chi connectivity index (χ2n) is 11.0. The molecule has 1 N–H and O–H groups in total. The van der Waals surface area contributed by atoms with Crippen LogP contribution < -0.4 is 10.2 Å². The fourth-order valence-corrected chi connectivity index (χ4v) is 6.44. The van der Waals surface area contributed by atoms with Crippen LogP contribution in [0.4, 0.5) is 5.69 Å². The SMILES string of the molecule is O=C(NC1CCCC1)[C@H](Cc1ccccc1)N(Cc1ccc(Cl)c(Cl)c1)C(=O)CN1C(=O)c2cccc3cccc1c23. The predicted octanol–water partition coefficient (Wildman–Crippen LogP) is 6.81. The highest BCUT2D eigenvalue weighted by atomic mass is 35.5. The summed E-state index contributed by atoms with van der Waals surface area (Å²) in [6.07, 6.45) is 4.33. The van der Waals surface area contributed by atoms with Crippen molar-refractivity contribution in [2.45, 2.75) is 50.7 Å². The molecule has 0 radical (unpaired) electrons. The molecule has 214 valence electrons. The van der Waals surface area contributed by atoms with Crippen molar-refractivity contribution in [3.05, 3.63) is 112 Å². The number of halogens is 2. The quantitative estimate of drug-likeness (QED) is 0.230. The standard InChI is InChI=1S/C34H31Cl2N3O3/c35-27-17-16-23(18-28(27)36)20-38(30(19-22-8-2-1-3-9-22)33(41)37-25-12-4-5-13-25)31(40)21-39-29-15-7-11-24-10-6-14-26(32(24)29)34(39)42/h1-3,6-11,14-18,25,30H,4-5,12-13,19-21H2,(H,37,41)/t30-/m0/s1. The molecule has 4 aromatic rings. The monoisotopic (exact) mass is 599 g/mol. The first-order valence-corrected chi connectivity index (χ1v) is 15.1. The molecule has 6 nitrogen and oxygen atoms in total. The second-order valence-corrected chi connectivity index (χ2v) is 11.9. The molecule has 0 spiro atoms. The van der Waals surface area contributed by atoms with E-state index >= 15 is 0 Å². The van der Waals surface area contributed by atoms with Crippen molar-refractivity contribution in [2.24, 2.45) is 0 Å². The Balaban J connectivity index is 1.36. The van der Waals surface area contributed by atoms with Gasteiger partial charge in [-0.1, -0.05) is 96.7 Å². The number of carbonyl (C=O) groups is 3. The number of hydrogen-bond donors (Lipinski definition) is 1. The molecule has 4 aromatic carbocycles. The highest BCUT2D eigenvalue weighted by Gasteiger charge is 2.36. The van der Waals surface area contributed by atoms with Gasteiger partial charge in [0.1, 0.15) is 12.6 Å². The lowest BCUT2D eigenvalue weighted by Gasteiger charge is -2.33. The van der Waals surface area contributed by atoms with Crippen molar-refractivity contribution in [3.8, 4) is 0 Å². The fourth-order valence-electron chi connectivity index (χ4n) is 6.12. The molecule has 1 fully saturated rings. The molecule has 0 unspecified atom stereocenters. The van der Waals surface area contributed by atoms with E-state index in [9.17, 15) is 14.4 Å². The lowest BCUT2D eigenvalue weighted by atomic mass is 10.0. The van der Waals surface area contributed by atoms with Crippen molar-refractivity contribution in [1.29, 1.82) is 0 Å². The van der Waals surface area contributed by atoms with E-state index < -0.39 is 6.04 Å². The zero-order chi connectivity index (χ0) is 29.2. The summed E-state index contributed by atoms with van der Waals surface area (Å²) in [5.74, 6) is -0.751. The van der Waals surface area contributed by atoms with Crippen LogP contribution in [-0.2, 0) is 22.6 Å². The Hall–Kier alpha value is -3.87. The van der Waals surface area contributed by atoms with Crippen molar-refractivity contribution in [2.75, 3.05) is 11.4 Å². The van der Waals surface area contributed by atoms with Gasteiger partial charge in [-0.2, -0.15) is 0 Å². The minimum absolute atomic E-state index is 0.0879. The smallest absolute Gasteiger partial charge is 0.259 e. The Morgan fingerprint density at radius 2 is 1.62 bits per heavy atom. The van der Waals surface area contributed by atoms with E-state index in [0.717, 1.165) is 47.6 Å². The summed E-state index contributed by atoms with van der Waals surface area (Å²) in [5.41, 5.74) is 2.95. The maximum absolute atomic E-state index is 14.3. The first kappa shape index (κ1) is 28.3. The molecule has 8 heteroatoms. The minimum Gasteiger partial charge on any atom is -0.352 e. The zero-order valence-corrected chi connectivity index (χ0v) is 24.6. The Morgan fingerprint density at radius 3 is 2.36 bits per heavy atom. The zero-order valence-electron chi connectivity index (χ0n) is 23.1. The summed E-state index contributed by atoms with van der Waals surface area (Å²) >= 11 is 12.5. The molecular formula is C34H31Cl2N3O3. The fraction of sp³-hybridized carbons (Fsp3) is 0.265.